The largest absolute Gasteiger partial charge is 0.785 e. The maximum Gasteiger partial charge on any atom is 0.0409 e. The predicted octanol–water partition coefficient (Wildman–Crippen LogP) is 2.80. The Morgan fingerprint density at radius 1 is 1.50 bits per heavy atom. The SMILES string of the molecule is C[C@H]1CN([O-])CCc2ccc(Cl)cc21. The van der Waals surface area contributed by atoms with E-state index in [4.69, 9.17) is 11.6 Å². The van der Waals surface area contributed by atoms with Crippen molar-refractivity contribution >= 4 is 11.6 Å². The molecule has 0 saturated heterocycles. The van der Waals surface area contributed by atoms with Crippen LogP contribution in [0.1, 0.15) is 24.0 Å². The Morgan fingerprint density at radius 3 is 3.07 bits per heavy atom. The Balaban J connectivity index is 2.39. The molecular weight excluding hydrogens is 198 g/mol. The van der Waals surface area contributed by atoms with Gasteiger partial charge in [-0.3, -0.25) is 0 Å². The smallest absolute Gasteiger partial charge is 0.0409 e. The van der Waals surface area contributed by atoms with Crippen molar-refractivity contribution in [2.45, 2.75) is 19.3 Å². The van der Waals surface area contributed by atoms with Crippen LogP contribution in [-0.2, 0) is 6.42 Å². The van der Waals surface area contributed by atoms with Gasteiger partial charge in [0.1, 0.15) is 0 Å². The van der Waals surface area contributed by atoms with Gasteiger partial charge in [0, 0.05) is 5.02 Å². The monoisotopic (exact) mass is 210 g/mol. The zero-order valence-corrected chi connectivity index (χ0v) is 8.92. The van der Waals surface area contributed by atoms with E-state index in [1.165, 1.54) is 11.1 Å². The molecule has 0 N–H and O–H groups in total. The number of benzene rings is 1. The third-order valence-electron chi connectivity index (χ3n) is 2.75. The average Bonchev–Trinajstić information content (AvgIpc) is 2.27. The lowest BCUT2D eigenvalue weighted by atomic mass is 9.96. The Bertz CT molecular complexity index is 340. The number of nitrogens with zero attached hydrogens (tertiary/aromatic N) is 1. The van der Waals surface area contributed by atoms with Crippen LogP contribution in [0.5, 0.6) is 0 Å². The highest BCUT2D eigenvalue weighted by molar-refractivity contribution is 6.30. The normalized spacial score (nSPS) is 22.9. The summed E-state index contributed by atoms with van der Waals surface area (Å²) in [5.74, 6) is 0.281. The fraction of sp³-hybridized carbons (Fsp3) is 0.455. The minimum Gasteiger partial charge on any atom is -0.785 e. The number of hydrogen-bond acceptors (Lipinski definition) is 2. The minimum atomic E-state index is 0.281. The molecule has 3 heteroatoms. The van der Waals surface area contributed by atoms with Crippen molar-refractivity contribution in [2.75, 3.05) is 13.1 Å². The molecule has 1 atom stereocenters. The van der Waals surface area contributed by atoms with E-state index < -0.39 is 0 Å². The predicted molar refractivity (Wildman–Crippen MR) is 58.5 cm³/mol. The first kappa shape index (κ1) is 9.97. The third kappa shape index (κ3) is 1.92. The zero-order valence-electron chi connectivity index (χ0n) is 8.16. The molecule has 2 rings (SSSR count). The second-order valence-electron chi connectivity index (χ2n) is 3.88. The van der Waals surface area contributed by atoms with Crippen LogP contribution < -0.4 is 0 Å². The highest BCUT2D eigenvalue weighted by Crippen LogP contribution is 2.27. The molecule has 76 valence electrons. The molecule has 0 fully saturated rings. The van der Waals surface area contributed by atoms with Gasteiger partial charge in [-0.05, 0) is 48.7 Å². The molecule has 0 amide bonds. The van der Waals surface area contributed by atoms with Crippen molar-refractivity contribution < 1.29 is 0 Å². The lowest BCUT2D eigenvalue weighted by Crippen LogP contribution is -2.20. The molecule has 0 bridgehead atoms. The fourth-order valence-corrected chi connectivity index (χ4v) is 2.17. The van der Waals surface area contributed by atoms with E-state index in [-0.39, 0.29) is 5.92 Å². The van der Waals surface area contributed by atoms with Gasteiger partial charge in [0.05, 0.1) is 0 Å². The summed E-state index contributed by atoms with van der Waals surface area (Å²) in [6, 6.07) is 5.92. The van der Waals surface area contributed by atoms with Gasteiger partial charge in [0.15, 0.2) is 0 Å². The van der Waals surface area contributed by atoms with E-state index in [1.807, 2.05) is 18.2 Å². The van der Waals surface area contributed by atoms with E-state index in [0.29, 0.717) is 13.1 Å². The number of fused-ring (bicyclic) bond motifs is 1. The van der Waals surface area contributed by atoms with Crippen molar-refractivity contribution in [3.8, 4) is 0 Å². The van der Waals surface area contributed by atoms with Crippen LogP contribution >= 0.6 is 11.6 Å². The first-order valence-corrected chi connectivity index (χ1v) is 5.25. The molecule has 0 spiro atoms. The van der Waals surface area contributed by atoms with Crippen LogP contribution in [0.25, 0.3) is 0 Å². The standard InChI is InChI=1S/C11H13ClNO/c1-8-7-13(14)5-4-9-2-3-10(12)6-11(8)9/h2-3,6,8H,4-5,7H2,1H3/q-1/t8-/m0/s1. The summed E-state index contributed by atoms with van der Waals surface area (Å²) in [5, 5.41) is 13.2. The number of hydroxylamine groups is 2. The van der Waals surface area contributed by atoms with Crippen LogP contribution in [0.15, 0.2) is 18.2 Å². The van der Waals surface area contributed by atoms with Gasteiger partial charge >= 0.3 is 0 Å². The number of hydrogen-bond donors (Lipinski definition) is 0. The number of halogens is 1. The topological polar surface area (TPSA) is 26.3 Å². The second kappa shape index (κ2) is 3.89. The maximum atomic E-state index is 11.3. The van der Waals surface area contributed by atoms with Crippen LogP contribution in [0.2, 0.25) is 5.02 Å². The Morgan fingerprint density at radius 2 is 2.29 bits per heavy atom. The van der Waals surface area contributed by atoms with E-state index in [2.05, 4.69) is 6.92 Å². The summed E-state index contributed by atoms with van der Waals surface area (Å²) < 4.78 is 0. The summed E-state index contributed by atoms with van der Waals surface area (Å²) in [6.07, 6.45) is 0.834. The van der Waals surface area contributed by atoms with Crippen molar-refractivity contribution in [3.05, 3.63) is 39.6 Å². The molecule has 0 aromatic heterocycles. The summed E-state index contributed by atoms with van der Waals surface area (Å²) >= 11 is 5.94. The van der Waals surface area contributed by atoms with Gasteiger partial charge in [0.25, 0.3) is 0 Å². The molecule has 1 aliphatic rings. The van der Waals surface area contributed by atoms with Crippen molar-refractivity contribution in [2.24, 2.45) is 0 Å². The first-order chi connectivity index (χ1) is 6.66. The van der Waals surface area contributed by atoms with Crippen LogP contribution in [-0.4, -0.2) is 18.2 Å². The van der Waals surface area contributed by atoms with Crippen molar-refractivity contribution in [1.29, 1.82) is 0 Å². The van der Waals surface area contributed by atoms with Gasteiger partial charge < -0.3 is 10.3 Å². The Hall–Kier alpha value is -0.570. The molecule has 1 aromatic carbocycles. The maximum absolute atomic E-state index is 11.3. The Kier molecular flexibility index (Phi) is 2.77. The lowest BCUT2D eigenvalue weighted by Gasteiger charge is -2.27. The molecule has 0 aliphatic carbocycles. The summed E-state index contributed by atoms with van der Waals surface area (Å²) in [4.78, 5) is 0. The molecule has 1 aliphatic heterocycles. The zero-order chi connectivity index (χ0) is 10.1. The van der Waals surface area contributed by atoms with E-state index >= 15 is 0 Å². The number of rotatable bonds is 0. The summed E-state index contributed by atoms with van der Waals surface area (Å²) in [6.45, 7) is 3.25. The molecule has 0 radical (unpaired) electrons. The highest BCUT2D eigenvalue weighted by Gasteiger charge is 2.15. The van der Waals surface area contributed by atoms with Gasteiger partial charge in [-0.25, -0.2) is 0 Å². The molecule has 14 heavy (non-hydrogen) atoms. The first-order valence-electron chi connectivity index (χ1n) is 4.87. The highest BCUT2D eigenvalue weighted by atomic mass is 35.5. The lowest BCUT2D eigenvalue weighted by molar-refractivity contribution is 0.373. The van der Waals surface area contributed by atoms with Gasteiger partial charge in [-0.1, -0.05) is 24.6 Å². The average molecular weight is 211 g/mol. The van der Waals surface area contributed by atoms with Crippen LogP contribution in [0.4, 0.5) is 0 Å². The molecule has 1 aromatic rings. The van der Waals surface area contributed by atoms with Gasteiger partial charge in [-0.15, -0.1) is 0 Å². The van der Waals surface area contributed by atoms with Crippen LogP contribution in [0.3, 0.4) is 0 Å². The van der Waals surface area contributed by atoms with E-state index in [0.717, 1.165) is 16.5 Å². The summed E-state index contributed by atoms with van der Waals surface area (Å²) in [7, 11) is 0. The fourth-order valence-electron chi connectivity index (χ4n) is 1.99. The molecule has 0 unspecified atom stereocenters. The van der Waals surface area contributed by atoms with Crippen molar-refractivity contribution in [3.63, 3.8) is 0 Å². The summed E-state index contributed by atoms with van der Waals surface area (Å²) in [5.41, 5.74) is 2.50. The minimum absolute atomic E-state index is 0.281. The molecule has 1 heterocycles. The Labute approximate surface area is 89.1 Å². The van der Waals surface area contributed by atoms with Crippen molar-refractivity contribution in [1.82, 2.24) is 5.06 Å². The van der Waals surface area contributed by atoms with Gasteiger partial charge in [-0.2, -0.15) is 0 Å². The second-order valence-corrected chi connectivity index (χ2v) is 4.32. The van der Waals surface area contributed by atoms with E-state index in [1.54, 1.807) is 0 Å². The van der Waals surface area contributed by atoms with E-state index in [9.17, 15) is 5.21 Å². The quantitative estimate of drug-likeness (QED) is 0.658. The van der Waals surface area contributed by atoms with Gasteiger partial charge in [0.2, 0.25) is 0 Å². The molecule has 2 nitrogen and oxygen atoms in total. The van der Waals surface area contributed by atoms with Crippen LogP contribution in [0, 0.1) is 5.21 Å². The molecular formula is C11H13ClNO-. The molecule has 0 saturated carbocycles. The third-order valence-corrected chi connectivity index (χ3v) is 2.98.